The van der Waals surface area contributed by atoms with Crippen molar-refractivity contribution in [3.63, 3.8) is 0 Å². The summed E-state index contributed by atoms with van der Waals surface area (Å²) in [6, 6.07) is 17.4. The third kappa shape index (κ3) is 7.49. The Balaban J connectivity index is 1.08. The van der Waals surface area contributed by atoms with Crippen LogP contribution < -0.4 is 30.3 Å². The number of carbonyl (C=O) groups is 3. The normalized spacial score (nSPS) is 16.5. The number of ether oxygens (including phenoxy) is 3. The van der Waals surface area contributed by atoms with E-state index in [1.165, 1.54) is 28.9 Å². The van der Waals surface area contributed by atoms with E-state index in [4.69, 9.17) is 14.2 Å². The van der Waals surface area contributed by atoms with Crippen LogP contribution in [0.4, 0.5) is 19.7 Å². The molecule has 6 rings (SSSR count). The first-order chi connectivity index (χ1) is 23.3. The average molecular weight is 675 g/mol. The van der Waals surface area contributed by atoms with Gasteiger partial charge in [0, 0.05) is 55.8 Å². The predicted molar refractivity (Wildman–Crippen MR) is 180 cm³/mol. The number of thioether (sulfide) groups is 1. The molecular weight excluding hydrogens is 639 g/mol. The first kappa shape index (κ1) is 32.7. The van der Waals surface area contributed by atoms with E-state index in [2.05, 4.69) is 21.0 Å². The zero-order valence-corrected chi connectivity index (χ0v) is 27.2. The van der Waals surface area contributed by atoms with Gasteiger partial charge in [0.25, 0.3) is 5.91 Å². The molecule has 3 aromatic carbocycles. The molecule has 250 valence electrons. The van der Waals surface area contributed by atoms with Crippen LogP contribution in [-0.2, 0) is 4.79 Å². The molecule has 3 N–H and O–H groups in total. The highest BCUT2D eigenvalue weighted by Crippen LogP contribution is 2.39. The fraction of sp³-hybridized carbons (Fsp3) is 0.294. The van der Waals surface area contributed by atoms with Gasteiger partial charge in [0.2, 0.25) is 0 Å². The first-order valence-electron chi connectivity index (χ1n) is 15.5. The third-order valence-electron chi connectivity index (χ3n) is 7.92. The van der Waals surface area contributed by atoms with Crippen LogP contribution in [0.2, 0.25) is 0 Å². The number of nitrogens with one attached hydrogen (secondary N) is 3. The van der Waals surface area contributed by atoms with Crippen molar-refractivity contribution in [1.29, 1.82) is 0 Å². The van der Waals surface area contributed by atoms with Gasteiger partial charge in [-0.3, -0.25) is 9.78 Å². The number of hydrazine groups is 1. The molecule has 4 aromatic rings. The maximum Gasteiger partial charge on any atom is 0.338 e. The van der Waals surface area contributed by atoms with Crippen molar-refractivity contribution in [3.8, 4) is 23.0 Å². The van der Waals surface area contributed by atoms with Gasteiger partial charge < -0.3 is 29.7 Å². The Bertz CT molecular complexity index is 1790. The molecule has 2 fully saturated rings. The Labute approximate surface area is 280 Å². The summed E-state index contributed by atoms with van der Waals surface area (Å²) in [5, 5.41) is 7.07. The number of benzene rings is 3. The van der Waals surface area contributed by atoms with Crippen LogP contribution in [0.15, 0.2) is 72.9 Å². The number of urea groups is 2. The van der Waals surface area contributed by atoms with Gasteiger partial charge >= 0.3 is 12.1 Å². The molecule has 3 heterocycles. The van der Waals surface area contributed by atoms with E-state index in [-0.39, 0.29) is 29.6 Å². The monoisotopic (exact) mass is 674 g/mol. The molecule has 5 amide bonds. The molecule has 0 bridgehead atoms. The maximum atomic E-state index is 13.4. The summed E-state index contributed by atoms with van der Waals surface area (Å²) >= 11 is 1.34. The second-order valence-corrected chi connectivity index (χ2v) is 12.2. The fourth-order valence-electron chi connectivity index (χ4n) is 5.51. The summed E-state index contributed by atoms with van der Waals surface area (Å²) < 4.78 is 31.6. The van der Waals surface area contributed by atoms with E-state index in [1.807, 2.05) is 19.1 Å². The van der Waals surface area contributed by atoms with Crippen molar-refractivity contribution < 1.29 is 33.0 Å². The number of hydrogen-bond acceptors (Lipinski definition) is 8. The maximum absolute atomic E-state index is 13.4. The number of pyridine rings is 1. The van der Waals surface area contributed by atoms with Crippen LogP contribution in [0.5, 0.6) is 23.0 Å². The lowest BCUT2D eigenvalue weighted by Crippen LogP contribution is -2.46. The lowest BCUT2D eigenvalue weighted by atomic mass is 10.1. The minimum atomic E-state index is -0.593. The Hall–Kier alpha value is -5.24. The van der Waals surface area contributed by atoms with E-state index in [0.29, 0.717) is 72.2 Å². The molecule has 48 heavy (non-hydrogen) atoms. The number of aromatic nitrogens is 1. The number of fused-ring (bicyclic) bond motifs is 1. The van der Waals surface area contributed by atoms with Crippen LogP contribution in [0, 0.1) is 5.82 Å². The highest BCUT2D eigenvalue weighted by atomic mass is 32.2. The highest BCUT2D eigenvalue weighted by molar-refractivity contribution is 8.00. The number of methoxy groups -OCH3 is 1. The molecule has 0 radical (unpaired) electrons. The number of amides is 5. The Kier molecular flexibility index (Phi) is 9.99. The van der Waals surface area contributed by atoms with E-state index >= 15 is 0 Å². The minimum Gasteiger partial charge on any atom is -0.493 e. The van der Waals surface area contributed by atoms with Crippen LogP contribution >= 0.6 is 11.8 Å². The summed E-state index contributed by atoms with van der Waals surface area (Å²) in [4.78, 5) is 43.7. The molecule has 1 aromatic heterocycles. The molecule has 2 aliphatic heterocycles. The van der Waals surface area contributed by atoms with Gasteiger partial charge in [0.1, 0.15) is 28.8 Å². The SMILES string of the molecule is CCNC(=O)N1CCC(Oc2cc3nccc(Oc4ccc(NC(=O)NN5C(=O)CSC5c5ccc(F)cc5)cc4)c3cc2OC)CC1. The van der Waals surface area contributed by atoms with Gasteiger partial charge in [-0.2, -0.15) is 0 Å². The Morgan fingerprint density at radius 1 is 1.00 bits per heavy atom. The fourth-order valence-corrected chi connectivity index (χ4v) is 6.62. The van der Waals surface area contributed by atoms with Crippen molar-refractivity contribution in [2.24, 2.45) is 0 Å². The minimum absolute atomic E-state index is 0.0560. The van der Waals surface area contributed by atoms with Crippen molar-refractivity contribution in [1.82, 2.24) is 25.6 Å². The number of nitrogens with zero attached hydrogens (tertiary/aromatic N) is 3. The van der Waals surface area contributed by atoms with Crippen molar-refractivity contribution >= 4 is 46.3 Å². The number of piperidine rings is 1. The second kappa shape index (κ2) is 14.7. The molecular formula is C34H35FN6O6S. The van der Waals surface area contributed by atoms with Crippen LogP contribution in [-0.4, -0.2) is 71.5 Å². The summed E-state index contributed by atoms with van der Waals surface area (Å²) in [6.45, 7) is 3.71. The zero-order chi connectivity index (χ0) is 33.6. The van der Waals surface area contributed by atoms with Gasteiger partial charge in [0.15, 0.2) is 11.5 Å². The first-order valence-corrected chi connectivity index (χ1v) is 16.6. The highest BCUT2D eigenvalue weighted by Gasteiger charge is 2.34. The molecule has 1 unspecified atom stereocenters. The number of hydrogen-bond donors (Lipinski definition) is 3. The molecule has 1 atom stereocenters. The van der Waals surface area contributed by atoms with Gasteiger partial charge in [-0.1, -0.05) is 12.1 Å². The van der Waals surface area contributed by atoms with Crippen LogP contribution in [0.25, 0.3) is 10.9 Å². The predicted octanol–water partition coefficient (Wildman–Crippen LogP) is 6.06. The Morgan fingerprint density at radius 3 is 2.46 bits per heavy atom. The molecule has 0 spiro atoms. The van der Waals surface area contributed by atoms with Crippen molar-refractivity contribution in [3.05, 3.63) is 84.3 Å². The van der Waals surface area contributed by atoms with Crippen molar-refractivity contribution in [2.75, 3.05) is 37.8 Å². The van der Waals surface area contributed by atoms with Gasteiger partial charge in [-0.15, -0.1) is 11.8 Å². The number of halogens is 1. The smallest absolute Gasteiger partial charge is 0.338 e. The number of anilines is 1. The van der Waals surface area contributed by atoms with Crippen molar-refractivity contribution in [2.45, 2.75) is 31.2 Å². The third-order valence-corrected chi connectivity index (χ3v) is 9.14. The molecule has 14 heteroatoms. The largest absolute Gasteiger partial charge is 0.493 e. The quantitative estimate of drug-likeness (QED) is 0.195. The van der Waals surface area contributed by atoms with Gasteiger partial charge in [-0.25, -0.2) is 24.4 Å². The second-order valence-electron chi connectivity index (χ2n) is 11.1. The number of likely N-dealkylation sites (tertiary alicyclic amines) is 1. The number of rotatable bonds is 9. The van der Waals surface area contributed by atoms with E-state index in [9.17, 15) is 18.8 Å². The number of carbonyl (C=O) groups excluding carboxylic acids is 3. The van der Waals surface area contributed by atoms with Gasteiger partial charge in [-0.05, 0) is 61.0 Å². The summed E-state index contributed by atoms with van der Waals surface area (Å²) in [5.74, 6) is 1.73. The molecule has 0 saturated carbocycles. The Morgan fingerprint density at radius 2 is 1.75 bits per heavy atom. The standard InChI is InChI=1S/C34H35FN6O6S/c1-3-36-34(44)40-16-13-25(14-17-40)47-30-19-27-26(18-29(30)45-2)28(12-15-37-27)46-24-10-8-23(9-11-24)38-33(43)39-41-31(42)20-48-32(41)21-4-6-22(35)7-5-21/h4-12,15,18-19,25,32H,3,13-14,16-17,20H2,1-2H3,(H,36,44)(H2,38,39,43). The molecule has 2 aliphatic rings. The molecule has 12 nitrogen and oxygen atoms in total. The summed E-state index contributed by atoms with van der Waals surface area (Å²) in [5.41, 5.74) is 4.45. The van der Waals surface area contributed by atoms with Crippen LogP contribution in [0.3, 0.4) is 0 Å². The summed E-state index contributed by atoms with van der Waals surface area (Å²) in [7, 11) is 1.58. The van der Waals surface area contributed by atoms with Gasteiger partial charge in [0.05, 0.1) is 18.4 Å². The lowest BCUT2D eigenvalue weighted by molar-refractivity contribution is -0.130. The topological polar surface area (TPSA) is 134 Å². The molecule has 0 aliphatic carbocycles. The summed E-state index contributed by atoms with van der Waals surface area (Å²) in [6.07, 6.45) is 2.98. The van der Waals surface area contributed by atoms with Crippen LogP contribution in [0.1, 0.15) is 30.7 Å². The zero-order valence-electron chi connectivity index (χ0n) is 26.4. The van der Waals surface area contributed by atoms with E-state index < -0.39 is 11.4 Å². The van der Waals surface area contributed by atoms with E-state index in [0.717, 1.165) is 5.39 Å². The van der Waals surface area contributed by atoms with E-state index in [1.54, 1.807) is 60.7 Å². The lowest BCUT2D eigenvalue weighted by Gasteiger charge is -2.32. The molecule has 2 saturated heterocycles. The average Bonchev–Trinajstić information content (AvgIpc) is 3.45.